The summed E-state index contributed by atoms with van der Waals surface area (Å²) in [6, 6.07) is 7.72. The first-order chi connectivity index (χ1) is 11.1. The topological polar surface area (TPSA) is 34.0 Å². The molecule has 3 aromatic heterocycles. The van der Waals surface area contributed by atoms with Crippen LogP contribution in [0.3, 0.4) is 0 Å². The van der Waals surface area contributed by atoms with E-state index in [4.69, 9.17) is 0 Å². The van der Waals surface area contributed by atoms with E-state index in [0.29, 0.717) is 11.7 Å². The highest BCUT2D eigenvalue weighted by Gasteiger charge is 2.21. The van der Waals surface area contributed by atoms with Crippen molar-refractivity contribution < 1.29 is 4.39 Å². The predicted octanol–water partition coefficient (Wildman–Crippen LogP) is 3.46. The van der Waals surface area contributed by atoms with Crippen LogP contribution in [0.1, 0.15) is 19.5 Å². The number of rotatable bonds is 2. The molecule has 3 aromatic rings. The maximum Gasteiger partial charge on any atom is 0.149 e. The Kier molecular flexibility index (Phi) is 3.38. The van der Waals surface area contributed by atoms with Crippen molar-refractivity contribution in [1.29, 1.82) is 0 Å². The summed E-state index contributed by atoms with van der Waals surface area (Å²) in [5.41, 5.74) is 3.32. The maximum absolute atomic E-state index is 13.9. The van der Waals surface area contributed by atoms with E-state index >= 15 is 0 Å². The minimum absolute atomic E-state index is 0.316. The van der Waals surface area contributed by atoms with Crippen molar-refractivity contribution in [2.75, 3.05) is 6.54 Å². The molecule has 0 aliphatic carbocycles. The Labute approximate surface area is 134 Å². The molecular weight excluding hydrogens is 291 g/mol. The summed E-state index contributed by atoms with van der Waals surface area (Å²) in [6.45, 7) is 7.35. The minimum atomic E-state index is -0.316. The molecule has 0 radical (unpaired) electrons. The van der Waals surface area contributed by atoms with Gasteiger partial charge in [0, 0.05) is 54.7 Å². The van der Waals surface area contributed by atoms with Gasteiger partial charge in [-0.2, -0.15) is 0 Å². The molecule has 0 bridgehead atoms. The Bertz CT molecular complexity index is 869. The van der Waals surface area contributed by atoms with Crippen molar-refractivity contribution in [2.45, 2.75) is 33.0 Å². The van der Waals surface area contributed by atoms with Gasteiger partial charge in [-0.05, 0) is 38.1 Å². The molecule has 0 saturated heterocycles. The maximum atomic E-state index is 13.9. The summed E-state index contributed by atoms with van der Waals surface area (Å²) in [6.07, 6.45) is 3.32. The molecule has 4 nitrogen and oxygen atoms in total. The Hall–Kier alpha value is -2.27. The predicted molar refractivity (Wildman–Crippen MR) is 88.5 cm³/mol. The average molecular weight is 310 g/mol. The van der Waals surface area contributed by atoms with E-state index in [0.717, 1.165) is 36.2 Å². The average Bonchev–Trinajstić information content (AvgIpc) is 2.91. The van der Waals surface area contributed by atoms with Crippen LogP contribution in [0.25, 0.3) is 22.3 Å². The SMILES string of the molecule is CC(C)N1CCn2c(cc3cc(-c4ncccc4F)cnc32)C1. The number of fused-ring (bicyclic) bond motifs is 3. The van der Waals surface area contributed by atoms with Gasteiger partial charge in [-0.15, -0.1) is 0 Å². The summed E-state index contributed by atoms with van der Waals surface area (Å²) >= 11 is 0. The second-order valence-electron chi connectivity index (χ2n) is 6.32. The van der Waals surface area contributed by atoms with Gasteiger partial charge in [0.15, 0.2) is 0 Å². The van der Waals surface area contributed by atoms with Crippen molar-refractivity contribution >= 4 is 11.0 Å². The standard InChI is InChI=1S/C18H19FN4/c1-12(2)22-6-7-23-15(11-22)9-13-8-14(10-21-18(13)23)17-16(19)4-3-5-20-17/h3-5,8-10,12H,6-7,11H2,1-2H3. The molecule has 4 heterocycles. The fourth-order valence-electron chi connectivity index (χ4n) is 3.26. The Balaban J connectivity index is 1.78. The lowest BCUT2D eigenvalue weighted by Gasteiger charge is -2.31. The van der Waals surface area contributed by atoms with Gasteiger partial charge < -0.3 is 4.57 Å². The first-order valence-corrected chi connectivity index (χ1v) is 7.96. The fraction of sp³-hybridized carbons (Fsp3) is 0.333. The fourth-order valence-corrected chi connectivity index (χ4v) is 3.26. The molecule has 0 aromatic carbocycles. The third-order valence-corrected chi connectivity index (χ3v) is 4.56. The van der Waals surface area contributed by atoms with Crippen LogP contribution in [0.2, 0.25) is 0 Å². The first-order valence-electron chi connectivity index (χ1n) is 7.96. The third kappa shape index (κ3) is 2.41. The van der Waals surface area contributed by atoms with Gasteiger partial charge in [0.2, 0.25) is 0 Å². The zero-order valence-electron chi connectivity index (χ0n) is 13.3. The van der Waals surface area contributed by atoms with E-state index in [1.807, 2.05) is 6.07 Å². The van der Waals surface area contributed by atoms with Crippen LogP contribution in [0.5, 0.6) is 0 Å². The molecule has 5 heteroatoms. The Morgan fingerprint density at radius 1 is 1.17 bits per heavy atom. The molecular formula is C18H19FN4. The van der Waals surface area contributed by atoms with Gasteiger partial charge in [0.25, 0.3) is 0 Å². The Morgan fingerprint density at radius 3 is 2.83 bits per heavy atom. The van der Waals surface area contributed by atoms with Crippen LogP contribution in [-0.2, 0) is 13.1 Å². The van der Waals surface area contributed by atoms with Crippen molar-refractivity contribution in [2.24, 2.45) is 0 Å². The van der Waals surface area contributed by atoms with E-state index in [2.05, 4.69) is 39.3 Å². The number of hydrogen-bond acceptors (Lipinski definition) is 3. The van der Waals surface area contributed by atoms with E-state index in [1.165, 1.54) is 11.8 Å². The monoisotopic (exact) mass is 310 g/mol. The summed E-state index contributed by atoms with van der Waals surface area (Å²) in [5, 5.41) is 1.05. The molecule has 0 N–H and O–H groups in total. The molecule has 23 heavy (non-hydrogen) atoms. The number of nitrogens with zero attached hydrogens (tertiary/aromatic N) is 4. The molecule has 0 atom stereocenters. The molecule has 0 spiro atoms. The van der Waals surface area contributed by atoms with E-state index in [1.54, 1.807) is 18.5 Å². The van der Waals surface area contributed by atoms with E-state index < -0.39 is 0 Å². The van der Waals surface area contributed by atoms with Crippen LogP contribution in [-0.4, -0.2) is 32.0 Å². The normalized spacial score (nSPS) is 15.3. The minimum Gasteiger partial charge on any atom is -0.327 e. The van der Waals surface area contributed by atoms with Crippen LogP contribution in [0.15, 0.2) is 36.7 Å². The van der Waals surface area contributed by atoms with Gasteiger partial charge in [-0.25, -0.2) is 9.37 Å². The summed E-state index contributed by atoms with van der Waals surface area (Å²) in [5.74, 6) is -0.316. The van der Waals surface area contributed by atoms with E-state index in [9.17, 15) is 4.39 Å². The zero-order valence-corrected chi connectivity index (χ0v) is 13.3. The molecule has 1 aliphatic rings. The van der Waals surface area contributed by atoms with E-state index in [-0.39, 0.29) is 5.82 Å². The quantitative estimate of drug-likeness (QED) is 0.727. The van der Waals surface area contributed by atoms with Crippen molar-refractivity contribution in [3.05, 3.63) is 48.2 Å². The highest BCUT2D eigenvalue weighted by atomic mass is 19.1. The van der Waals surface area contributed by atoms with Crippen LogP contribution < -0.4 is 0 Å². The molecule has 0 fully saturated rings. The largest absolute Gasteiger partial charge is 0.327 e. The third-order valence-electron chi connectivity index (χ3n) is 4.56. The van der Waals surface area contributed by atoms with Crippen molar-refractivity contribution in [3.8, 4) is 11.3 Å². The lowest BCUT2D eigenvalue weighted by Crippen LogP contribution is -2.38. The lowest BCUT2D eigenvalue weighted by atomic mass is 10.1. The summed E-state index contributed by atoms with van der Waals surface area (Å²) in [7, 11) is 0. The number of pyridine rings is 2. The lowest BCUT2D eigenvalue weighted by molar-refractivity contribution is 0.178. The molecule has 1 aliphatic heterocycles. The second-order valence-corrected chi connectivity index (χ2v) is 6.32. The summed E-state index contributed by atoms with van der Waals surface area (Å²) in [4.78, 5) is 11.2. The van der Waals surface area contributed by atoms with Crippen LogP contribution in [0, 0.1) is 5.82 Å². The number of hydrogen-bond donors (Lipinski definition) is 0. The van der Waals surface area contributed by atoms with Crippen LogP contribution >= 0.6 is 0 Å². The number of aromatic nitrogens is 3. The molecule has 118 valence electrons. The van der Waals surface area contributed by atoms with Gasteiger partial charge in [0.1, 0.15) is 17.2 Å². The van der Waals surface area contributed by atoms with Gasteiger partial charge in [-0.1, -0.05) is 0 Å². The summed E-state index contributed by atoms with van der Waals surface area (Å²) < 4.78 is 16.2. The zero-order chi connectivity index (χ0) is 16.0. The molecule has 0 unspecified atom stereocenters. The van der Waals surface area contributed by atoms with Gasteiger partial charge in [-0.3, -0.25) is 9.88 Å². The van der Waals surface area contributed by atoms with Crippen molar-refractivity contribution in [1.82, 2.24) is 19.4 Å². The highest BCUT2D eigenvalue weighted by Crippen LogP contribution is 2.27. The second kappa shape index (κ2) is 5.42. The molecule has 0 saturated carbocycles. The molecule has 0 amide bonds. The number of halogens is 1. The highest BCUT2D eigenvalue weighted by molar-refractivity contribution is 5.82. The molecule has 4 rings (SSSR count). The smallest absolute Gasteiger partial charge is 0.149 e. The first kappa shape index (κ1) is 14.3. The Morgan fingerprint density at radius 2 is 2.04 bits per heavy atom. The van der Waals surface area contributed by atoms with Crippen molar-refractivity contribution in [3.63, 3.8) is 0 Å². The van der Waals surface area contributed by atoms with Crippen LogP contribution in [0.4, 0.5) is 4.39 Å². The van der Waals surface area contributed by atoms with Gasteiger partial charge in [0.05, 0.1) is 0 Å². The van der Waals surface area contributed by atoms with Gasteiger partial charge >= 0.3 is 0 Å².